The zero-order valence-corrected chi connectivity index (χ0v) is 14.8. The van der Waals surface area contributed by atoms with E-state index < -0.39 is 5.82 Å². The fraction of sp³-hybridized carbons (Fsp3) is 0.500. The van der Waals surface area contributed by atoms with Gasteiger partial charge in [0, 0.05) is 32.6 Å². The van der Waals surface area contributed by atoms with Crippen LogP contribution >= 0.6 is 0 Å². The Kier molecular flexibility index (Phi) is 5.13. The van der Waals surface area contributed by atoms with Gasteiger partial charge in [0.15, 0.2) is 11.6 Å². The van der Waals surface area contributed by atoms with E-state index in [0.29, 0.717) is 30.5 Å². The van der Waals surface area contributed by atoms with Crippen molar-refractivity contribution in [2.45, 2.75) is 33.2 Å². The van der Waals surface area contributed by atoms with Crippen LogP contribution in [-0.2, 0) is 6.42 Å². The summed E-state index contributed by atoms with van der Waals surface area (Å²) in [6.45, 7) is 8.42. The summed E-state index contributed by atoms with van der Waals surface area (Å²) in [5.74, 6) is 0.632. The Morgan fingerprint density at radius 3 is 2.64 bits per heavy atom. The molecule has 2 heterocycles. The first-order valence-electron chi connectivity index (χ1n) is 8.62. The van der Waals surface area contributed by atoms with Gasteiger partial charge in [-0.25, -0.2) is 4.39 Å². The molecule has 1 fully saturated rings. The predicted molar refractivity (Wildman–Crippen MR) is 92.3 cm³/mol. The van der Waals surface area contributed by atoms with E-state index in [0.717, 1.165) is 19.5 Å². The Hall–Kier alpha value is -2.28. The van der Waals surface area contributed by atoms with Crippen molar-refractivity contribution in [2.75, 3.05) is 31.1 Å². The largest absolute Gasteiger partial charge is 0.368 e. The maximum Gasteiger partial charge on any atom is 0.243 e. The number of rotatable bonds is 5. The molecule has 0 aliphatic carbocycles. The van der Waals surface area contributed by atoms with E-state index in [2.05, 4.69) is 19.9 Å². The number of hydrogen-bond acceptors (Lipinski definition) is 6. The second kappa shape index (κ2) is 7.31. The van der Waals surface area contributed by atoms with Gasteiger partial charge < -0.3 is 9.42 Å². The van der Waals surface area contributed by atoms with Crippen molar-refractivity contribution in [3.05, 3.63) is 41.3 Å². The van der Waals surface area contributed by atoms with E-state index in [-0.39, 0.29) is 17.4 Å². The number of anilines is 1. The second-order valence-electron chi connectivity index (χ2n) is 6.29. The zero-order valence-electron chi connectivity index (χ0n) is 14.8. The number of Topliss-reactive ketones (excluding diaryl/α,β-unsaturated/α-hetero) is 1. The van der Waals surface area contributed by atoms with Crippen LogP contribution in [0.1, 0.15) is 48.9 Å². The van der Waals surface area contributed by atoms with Crippen LogP contribution in [-0.4, -0.2) is 47.0 Å². The van der Waals surface area contributed by atoms with Crippen LogP contribution in [0.3, 0.4) is 0 Å². The van der Waals surface area contributed by atoms with Crippen LogP contribution < -0.4 is 4.90 Å². The third-order valence-corrected chi connectivity index (χ3v) is 4.70. The van der Waals surface area contributed by atoms with Gasteiger partial charge in [-0.3, -0.25) is 9.69 Å². The maximum absolute atomic E-state index is 14.0. The standard InChI is InChI=1S/C18H23FN4O2/c1-4-16-20-18(25-21-16)12(2)22-8-10-23(11-9-22)15-7-5-6-14(19)17(15)13(3)24/h5-7,12H,4,8-11H2,1-3H3. The average Bonchev–Trinajstić information content (AvgIpc) is 3.10. The van der Waals surface area contributed by atoms with Crippen LogP contribution in [0.15, 0.2) is 22.7 Å². The quantitative estimate of drug-likeness (QED) is 0.776. The highest BCUT2D eigenvalue weighted by atomic mass is 19.1. The van der Waals surface area contributed by atoms with Crippen molar-refractivity contribution in [3.63, 3.8) is 0 Å². The number of carbonyl (C=O) groups excluding carboxylic acids is 1. The summed E-state index contributed by atoms with van der Waals surface area (Å²) in [6.07, 6.45) is 0.747. The van der Waals surface area contributed by atoms with E-state index in [9.17, 15) is 9.18 Å². The van der Waals surface area contributed by atoms with Crippen molar-refractivity contribution >= 4 is 11.5 Å². The Labute approximate surface area is 146 Å². The first-order valence-corrected chi connectivity index (χ1v) is 8.62. The van der Waals surface area contributed by atoms with Gasteiger partial charge in [0.05, 0.1) is 17.3 Å². The van der Waals surface area contributed by atoms with Crippen molar-refractivity contribution in [3.8, 4) is 0 Å². The fourth-order valence-corrected chi connectivity index (χ4v) is 3.21. The van der Waals surface area contributed by atoms with Crippen LogP contribution in [0.4, 0.5) is 10.1 Å². The SMILES string of the molecule is CCc1noc(C(C)N2CCN(c3cccc(F)c3C(C)=O)CC2)n1. The molecule has 6 nitrogen and oxygen atoms in total. The summed E-state index contributed by atoms with van der Waals surface area (Å²) in [5.41, 5.74) is 0.847. The van der Waals surface area contributed by atoms with Crippen molar-refractivity contribution in [1.82, 2.24) is 15.0 Å². The third-order valence-electron chi connectivity index (χ3n) is 4.70. The molecule has 1 aromatic carbocycles. The minimum Gasteiger partial charge on any atom is -0.368 e. The van der Waals surface area contributed by atoms with Crippen molar-refractivity contribution < 1.29 is 13.7 Å². The molecule has 7 heteroatoms. The summed E-state index contributed by atoms with van der Waals surface area (Å²) in [4.78, 5) is 20.5. The number of halogens is 1. The summed E-state index contributed by atoms with van der Waals surface area (Å²) in [6, 6.07) is 4.83. The number of aryl methyl sites for hydroxylation is 1. The topological polar surface area (TPSA) is 62.5 Å². The van der Waals surface area contributed by atoms with Crippen LogP contribution in [0.2, 0.25) is 0 Å². The summed E-state index contributed by atoms with van der Waals surface area (Å²) in [7, 11) is 0. The Bertz CT molecular complexity index is 753. The molecule has 0 amide bonds. The number of benzene rings is 1. The second-order valence-corrected chi connectivity index (χ2v) is 6.29. The van der Waals surface area contributed by atoms with Gasteiger partial charge in [-0.05, 0) is 26.0 Å². The molecule has 0 N–H and O–H groups in total. The highest BCUT2D eigenvalue weighted by molar-refractivity contribution is 6.00. The lowest BCUT2D eigenvalue weighted by Gasteiger charge is -2.38. The number of piperazine rings is 1. The van der Waals surface area contributed by atoms with Crippen LogP contribution in [0.5, 0.6) is 0 Å². The number of carbonyl (C=O) groups is 1. The van der Waals surface area contributed by atoms with Crippen LogP contribution in [0, 0.1) is 5.82 Å². The Morgan fingerprint density at radius 2 is 2.04 bits per heavy atom. The third kappa shape index (κ3) is 3.56. The number of nitrogens with zero attached hydrogens (tertiary/aromatic N) is 4. The van der Waals surface area contributed by atoms with Crippen LogP contribution in [0.25, 0.3) is 0 Å². The zero-order chi connectivity index (χ0) is 18.0. The molecular weight excluding hydrogens is 323 g/mol. The van der Waals surface area contributed by atoms with E-state index in [1.807, 2.05) is 19.9 Å². The number of ketones is 1. The molecular formula is C18H23FN4O2. The van der Waals surface area contributed by atoms with E-state index in [1.54, 1.807) is 6.07 Å². The van der Waals surface area contributed by atoms with Gasteiger partial charge in [-0.15, -0.1) is 0 Å². The smallest absolute Gasteiger partial charge is 0.243 e. The molecule has 0 radical (unpaired) electrons. The normalized spacial score (nSPS) is 16.9. The highest BCUT2D eigenvalue weighted by Crippen LogP contribution is 2.27. The van der Waals surface area contributed by atoms with Crippen molar-refractivity contribution in [2.24, 2.45) is 0 Å². The molecule has 134 valence electrons. The molecule has 3 rings (SSSR count). The van der Waals surface area contributed by atoms with Gasteiger partial charge in [0.2, 0.25) is 5.89 Å². The van der Waals surface area contributed by atoms with Gasteiger partial charge in [0.25, 0.3) is 0 Å². The molecule has 1 atom stereocenters. The van der Waals surface area contributed by atoms with Gasteiger partial charge >= 0.3 is 0 Å². The van der Waals surface area contributed by atoms with Gasteiger partial charge in [-0.1, -0.05) is 18.1 Å². The highest BCUT2D eigenvalue weighted by Gasteiger charge is 2.27. The molecule has 1 unspecified atom stereocenters. The fourth-order valence-electron chi connectivity index (χ4n) is 3.21. The number of aromatic nitrogens is 2. The summed E-state index contributed by atoms with van der Waals surface area (Å²) in [5, 5.41) is 3.95. The van der Waals surface area contributed by atoms with E-state index in [4.69, 9.17) is 4.52 Å². The Balaban J connectivity index is 1.70. The molecule has 25 heavy (non-hydrogen) atoms. The lowest BCUT2D eigenvalue weighted by atomic mass is 10.1. The molecule has 1 aromatic heterocycles. The molecule has 2 aromatic rings. The molecule has 0 spiro atoms. The van der Waals surface area contributed by atoms with Crippen molar-refractivity contribution in [1.29, 1.82) is 0 Å². The van der Waals surface area contributed by atoms with E-state index in [1.165, 1.54) is 13.0 Å². The minimum atomic E-state index is -0.459. The van der Waals surface area contributed by atoms with Gasteiger partial charge in [0.1, 0.15) is 5.82 Å². The lowest BCUT2D eigenvalue weighted by molar-refractivity contribution is 0.101. The monoisotopic (exact) mass is 346 g/mol. The average molecular weight is 346 g/mol. The molecule has 0 saturated carbocycles. The van der Waals surface area contributed by atoms with Gasteiger partial charge in [-0.2, -0.15) is 4.98 Å². The predicted octanol–water partition coefficient (Wildman–Crippen LogP) is 2.86. The number of hydrogen-bond donors (Lipinski definition) is 0. The molecule has 1 saturated heterocycles. The Morgan fingerprint density at radius 1 is 1.32 bits per heavy atom. The maximum atomic E-state index is 14.0. The van der Waals surface area contributed by atoms with E-state index >= 15 is 0 Å². The first kappa shape index (κ1) is 17.5. The first-order chi connectivity index (χ1) is 12.0. The molecule has 1 aliphatic rings. The summed E-state index contributed by atoms with van der Waals surface area (Å²) < 4.78 is 19.4. The molecule has 1 aliphatic heterocycles. The summed E-state index contributed by atoms with van der Waals surface area (Å²) >= 11 is 0. The minimum absolute atomic E-state index is 0.0368. The lowest BCUT2D eigenvalue weighted by Crippen LogP contribution is -2.47. The molecule has 0 bridgehead atoms.